The predicted octanol–water partition coefficient (Wildman–Crippen LogP) is 1.73. The largest absolute Gasteiger partial charge is 0.480 e. The van der Waals surface area contributed by atoms with Crippen molar-refractivity contribution in [2.24, 2.45) is 0 Å². The predicted molar refractivity (Wildman–Crippen MR) is 76.7 cm³/mol. The maximum absolute atomic E-state index is 12.5. The van der Waals surface area contributed by atoms with E-state index in [2.05, 4.69) is 5.32 Å². The van der Waals surface area contributed by atoms with Crippen molar-refractivity contribution >= 4 is 17.6 Å². The minimum absolute atomic E-state index is 0.0795. The van der Waals surface area contributed by atoms with Crippen LogP contribution in [0.3, 0.4) is 0 Å². The van der Waals surface area contributed by atoms with Crippen molar-refractivity contribution in [3.05, 3.63) is 29.8 Å². The Morgan fingerprint density at radius 3 is 2.75 bits per heavy atom. The topological polar surface area (TPSA) is 69.6 Å². The number of carboxylic acids is 1. The van der Waals surface area contributed by atoms with Gasteiger partial charge in [0.25, 0.3) is 0 Å². The van der Waals surface area contributed by atoms with E-state index in [0.29, 0.717) is 6.42 Å². The normalized spacial score (nSPS) is 18.0. The number of fused-ring (bicyclic) bond motifs is 1. The minimum atomic E-state index is -0.978. The molecule has 2 rings (SSSR count). The first-order valence-corrected chi connectivity index (χ1v) is 6.89. The number of hydrogen-bond donors (Lipinski definition) is 2. The number of carboxylic acid groups (broad SMARTS) is 1. The summed E-state index contributed by atoms with van der Waals surface area (Å²) < 4.78 is 0. The number of carbonyl (C=O) groups is 2. The first-order valence-electron chi connectivity index (χ1n) is 6.89. The molecule has 1 aromatic rings. The molecule has 2 atom stereocenters. The summed E-state index contributed by atoms with van der Waals surface area (Å²) in [6.07, 6.45) is 1.35. The lowest BCUT2D eigenvalue weighted by molar-refractivity contribution is -0.146. The number of carbonyl (C=O) groups excluding carboxylic acids is 1. The highest BCUT2D eigenvalue weighted by atomic mass is 16.4. The Labute approximate surface area is 118 Å². The van der Waals surface area contributed by atoms with Gasteiger partial charge in [-0.05, 0) is 25.0 Å². The van der Waals surface area contributed by atoms with Crippen LogP contribution in [0.25, 0.3) is 0 Å². The van der Waals surface area contributed by atoms with Gasteiger partial charge in [-0.15, -0.1) is 0 Å². The van der Waals surface area contributed by atoms with E-state index in [1.54, 1.807) is 0 Å². The average molecular weight is 276 g/mol. The zero-order chi connectivity index (χ0) is 14.7. The van der Waals surface area contributed by atoms with Crippen molar-refractivity contribution in [3.8, 4) is 0 Å². The minimum Gasteiger partial charge on any atom is -0.480 e. The lowest BCUT2D eigenvalue weighted by Gasteiger charge is -2.29. The molecule has 1 aromatic carbocycles. The average Bonchev–Trinajstić information content (AvgIpc) is 2.86. The molecule has 0 bridgehead atoms. The van der Waals surface area contributed by atoms with Crippen molar-refractivity contribution in [1.29, 1.82) is 0 Å². The Bertz CT molecular complexity index is 491. The molecule has 5 heteroatoms. The summed E-state index contributed by atoms with van der Waals surface area (Å²) >= 11 is 0. The Balaban J connectivity index is 2.12. The number of anilines is 1. The molecule has 0 saturated carbocycles. The van der Waals surface area contributed by atoms with Crippen molar-refractivity contribution < 1.29 is 14.7 Å². The Hall–Kier alpha value is -2.04. The van der Waals surface area contributed by atoms with Crippen molar-refractivity contribution in [2.45, 2.75) is 38.8 Å². The standard InChI is InChI=1S/C15H20N2O3/c1-3-10(2)17(9-14(18)19)15(20)13-8-11-6-4-5-7-12(11)16-13/h4-7,10,13,16H,3,8-9H2,1-2H3,(H,18,19)/t10?,13-/m0/s1. The molecule has 0 aliphatic carbocycles. The quantitative estimate of drug-likeness (QED) is 0.859. The highest BCUT2D eigenvalue weighted by Crippen LogP contribution is 2.26. The first kappa shape index (κ1) is 14.4. The van der Waals surface area contributed by atoms with Crippen LogP contribution >= 0.6 is 0 Å². The van der Waals surface area contributed by atoms with Crippen LogP contribution in [0, 0.1) is 0 Å². The fourth-order valence-corrected chi connectivity index (χ4v) is 2.46. The highest BCUT2D eigenvalue weighted by Gasteiger charge is 2.32. The van der Waals surface area contributed by atoms with Gasteiger partial charge in [-0.2, -0.15) is 0 Å². The van der Waals surface area contributed by atoms with Gasteiger partial charge in [0.05, 0.1) is 0 Å². The number of nitrogens with zero attached hydrogens (tertiary/aromatic N) is 1. The van der Waals surface area contributed by atoms with Gasteiger partial charge in [-0.1, -0.05) is 25.1 Å². The summed E-state index contributed by atoms with van der Waals surface area (Å²) in [5, 5.41) is 12.2. The second-order valence-corrected chi connectivity index (χ2v) is 5.18. The molecule has 1 aliphatic heterocycles. The van der Waals surface area contributed by atoms with Crippen LogP contribution in [0.5, 0.6) is 0 Å². The highest BCUT2D eigenvalue weighted by molar-refractivity contribution is 5.89. The zero-order valence-electron chi connectivity index (χ0n) is 11.8. The fraction of sp³-hybridized carbons (Fsp3) is 0.467. The molecule has 0 saturated heterocycles. The molecule has 1 amide bonds. The summed E-state index contributed by atoms with van der Waals surface area (Å²) in [6, 6.07) is 7.35. The summed E-state index contributed by atoms with van der Waals surface area (Å²) in [5.41, 5.74) is 2.07. The van der Waals surface area contributed by atoms with Crippen LogP contribution in [0.4, 0.5) is 5.69 Å². The molecule has 1 unspecified atom stereocenters. The summed E-state index contributed by atoms with van der Waals surface area (Å²) in [6.45, 7) is 3.58. The molecule has 1 aliphatic rings. The Morgan fingerprint density at radius 1 is 1.45 bits per heavy atom. The van der Waals surface area contributed by atoms with Crippen LogP contribution in [0.2, 0.25) is 0 Å². The molecule has 2 N–H and O–H groups in total. The molecule has 5 nitrogen and oxygen atoms in total. The molecular weight excluding hydrogens is 256 g/mol. The third-order valence-corrected chi connectivity index (χ3v) is 3.78. The smallest absolute Gasteiger partial charge is 0.323 e. The van der Waals surface area contributed by atoms with Crippen molar-refractivity contribution in [1.82, 2.24) is 4.90 Å². The van der Waals surface area contributed by atoms with E-state index in [1.165, 1.54) is 4.90 Å². The number of amides is 1. The first-order chi connectivity index (χ1) is 9.52. The van der Waals surface area contributed by atoms with Crippen LogP contribution < -0.4 is 5.32 Å². The summed E-state index contributed by atoms with van der Waals surface area (Å²) in [5.74, 6) is -1.12. The van der Waals surface area contributed by atoms with Gasteiger partial charge in [0.2, 0.25) is 5.91 Å². The second kappa shape index (κ2) is 5.94. The van der Waals surface area contributed by atoms with E-state index in [1.807, 2.05) is 38.1 Å². The van der Waals surface area contributed by atoms with E-state index < -0.39 is 5.97 Å². The third-order valence-electron chi connectivity index (χ3n) is 3.78. The van der Waals surface area contributed by atoms with Crippen LogP contribution in [0.15, 0.2) is 24.3 Å². The van der Waals surface area contributed by atoms with Gasteiger partial charge in [0.1, 0.15) is 12.6 Å². The molecule has 0 fully saturated rings. The lowest BCUT2D eigenvalue weighted by Crippen LogP contribution is -2.48. The number of hydrogen-bond acceptors (Lipinski definition) is 3. The summed E-state index contributed by atoms with van der Waals surface area (Å²) in [7, 11) is 0. The molecule has 108 valence electrons. The van der Waals surface area contributed by atoms with E-state index in [4.69, 9.17) is 5.11 Å². The van der Waals surface area contributed by atoms with E-state index in [9.17, 15) is 9.59 Å². The fourth-order valence-electron chi connectivity index (χ4n) is 2.46. The van der Waals surface area contributed by atoms with Crippen molar-refractivity contribution in [3.63, 3.8) is 0 Å². The molecule has 0 aromatic heterocycles. The number of nitrogens with one attached hydrogen (secondary N) is 1. The third kappa shape index (κ3) is 2.92. The van der Waals surface area contributed by atoms with Crippen LogP contribution in [0.1, 0.15) is 25.8 Å². The van der Waals surface area contributed by atoms with Crippen molar-refractivity contribution in [2.75, 3.05) is 11.9 Å². The Kier molecular flexibility index (Phi) is 4.27. The summed E-state index contributed by atoms with van der Waals surface area (Å²) in [4.78, 5) is 25.0. The SMILES string of the molecule is CCC(C)N(CC(=O)O)C(=O)[C@@H]1Cc2ccccc2N1. The van der Waals surface area contributed by atoms with E-state index >= 15 is 0 Å². The van der Waals surface area contributed by atoms with Crippen LogP contribution in [-0.4, -0.2) is 40.5 Å². The maximum Gasteiger partial charge on any atom is 0.323 e. The number of aliphatic carboxylic acids is 1. The number of benzene rings is 1. The molecule has 0 spiro atoms. The van der Waals surface area contributed by atoms with E-state index in [-0.39, 0.29) is 24.5 Å². The van der Waals surface area contributed by atoms with Gasteiger partial charge in [-0.3, -0.25) is 9.59 Å². The molecular formula is C15H20N2O3. The van der Waals surface area contributed by atoms with E-state index in [0.717, 1.165) is 17.7 Å². The van der Waals surface area contributed by atoms with Gasteiger partial charge in [0, 0.05) is 18.2 Å². The second-order valence-electron chi connectivity index (χ2n) is 5.18. The Morgan fingerprint density at radius 2 is 2.15 bits per heavy atom. The monoisotopic (exact) mass is 276 g/mol. The number of para-hydroxylation sites is 1. The molecule has 1 heterocycles. The molecule has 0 radical (unpaired) electrons. The van der Waals surface area contributed by atoms with Gasteiger partial charge in [-0.25, -0.2) is 0 Å². The number of rotatable bonds is 5. The van der Waals surface area contributed by atoms with Gasteiger partial charge in [0.15, 0.2) is 0 Å². The molecule has 20 heavy (non-hydrogen) atoms. The lowest BCUT2D eigenvalue weighted by atomic mass is 10.1. The van der Waals surface area contributed by atoms with Gasteiger partial charge < -0.3 is 15.3 Å². The zero-order valence-corrected chi connectivity index (χ0v) is 11.8. The van der Waals surface area contributed by atoms with Gasteiger partial charge >= 0.3 is 5.97 Å². The van der Waals surface area contributed by atoms with Crippen LogP contribution in [-0.2, 0) is 16.0 Å². The maximum atomic E-state index is 12.5.